The zero-order chi connectivity index (χ0) is 14.7. The Morgan fingerprint density at radius 1 is 1.26 bits per heavy atom. The lowest BCUT2D eigenvalue weighted by molar-refractivity contribution is 0.0630. The van der Waals surface area contributed by atoms with Crippen molar-refractivity contribution in [3.8, 4) is 11.5 Å². The van der Waals surface area contributed by atoms with Crippen LogP contribution < -0.4 is 4.74 Å². The number of aromatic hydroxyl groups is 1. The fraction of sp³-hybridized carbons (Fsp3) is 0.385. The van der Waals surface area contributed by atoms with Gasteiger partial charge in [-0.3, -0.25) is 4.79 Å². The molecule has 106 valence electrons. The lowest BCUT2D eigenvalue weighted by Gasteiger charge is -2.01. The first-order chi connectivity index (χ1) is 9.08. The second-order valence-electron chi connectivity index (χ2n) is 3.17. The molecule has 0 bridgehead atoms. The Bertz CT molecular complexity index is 394. The third-order valence-corrected chi connectivity index (χ3v) is 1.86. The van der Waals surface area contributed by atoms with Crippen molar-refractivity contribution in [3.63, 3.8) is 0 Å². The summed E-state index contributed by atoms with van der Waals surface area (Å²) in [6, 6.07) is 4.41. The Morgan fingerprint density at radius 3 is 2.26 bits per heavy atom. The van der Waals surface area contributed by atoms with Crippen LogP contribution in [0.25, 0.3) is 0 Å². The second-order valence-corrected chi connectivity index (χ2v) is 3.17. The van der Waals surface area contributed by atoms with E-state index in [-0.39, 0.29) is 5.75 Å². The van der Waals surface area contributed by atoms with Crippen LogP contribution in [0.2, 0.25) is 0 Å². The minimum atomic E-state index is -0.588. The van der Waals surface area contributed by atoms with E-state index < -0.39 is 6.16 Å². The van der Waals surface area contributed by atoms with Gasteiger partial charge < -0.3 is 19.3 Å². The average Bonchev–Trinajstić information content (AvgIpc) is 2.41. The second kappa shape index (κ2) is 9.76. The van der Waals surface area contributed by atoms with Gasteiger partial charge in [0.15, 0.2) is 11.5 Å². The summed E-state index contributed by atoms with van der Waals surface area (Å²) in [6.45, 7) is 4.21. The smallest absolute Gasteiger partial charge is 0.504 e. The molecule has 0 amide bonds. The van der Waals surface area contributed by atoms with Crippen molar-refractivity contribution in [2.45, 2.75) is 13.8 Å². The van der Waals surface area contributed by atoms with Crippen molar-refractivity contribution < 1.29 is 28.9 Å². The Morgan fingerprint density at radius 2 is 1.84 bits per heavy atom. The molecule has 0 heterocycles. The normalized spacial score (nSPS) is 8.79. The van der Waals surface area contributed by atoms with Crippen molar-refractivity contribution in [3.05, 3.63) is 23.8 Å². The summed E-state index contributed by atoms with van der Waals surface area (Å²) in [5.74, 6) is 0.354. The molecule has 6 heteroatoms. The van der Waals surface area contributed by atoms with Gasteiger partial charge >= 0.3 is 6.16 Å². The van der Waals surface area contributed by atoms with Crippen LogP contribution in [0.4, 0.5) is 4.79 Å². The summed E-state index contributed by atoms with van der Waals surface area (Å²) >= 11 is 0. The minimum Gasteiger partial charge on any atom is -0.504 e. The SMILES string of the molecule is CCOC(=O)OCC.COc1cc(C=O)ccc1O. The van der Waals surface area contributed by atoms with Crippen molar-refractivity contribution in [1.82, 2.24) is 0 Å². The number of carbonyl (C=O) groups is 2. The first-order valence-corrected chi connectivity index (χ1v) is 5.70. The maximum atomic E-state index is 10.2. The monoisotopic (exact) mass is 270 g/mol. The first kappa shape index (κ1) is 16.8. The number of benzene rings is 1. The van der Waals surface area contributed by atoms with E-state index >= 15 is 0 Å². The number of ether oxygens (including phenoxy) is 3. The van der Waals surface area contributed by atoms with E-state index in [2.05, 4.69) is 9.47 Å². The molecule has 0 fully saturated rings. The molecule has 1 aromatic rings. The fourth-order valence-electron chi connectivity index (χ4n) is 1.04. The van der Waals surface area contributed by atoms with Crippen LogP contribution in [0.1, 0.15) is 24.2 Å². The van der Waals surface area contributed by atoms with E-state index in [0.717, 1.165) is 0 Å². The Labute approximate surface area is 111 Å². The number of phenols is 1. The molecule has 0 spiro atoms. The van der Waals surface area contributed by atoms with Crippen LogP contribution in [0, 0.1) is 0 Å². The summed E-state index contributed by atoms with van der Waals surface area (Å²) in [5, 5.41) is 9.09. The molecular formula is C13H18O6. The van der Waals surface area contributed by atoms with Gasteiger partial charge in [-0.25, -0.2) is 4.79 Å². The zero-order valence-corrected chi connectivity index (χ0v) is 11.2. The predicted octanol–water partition coefficient (Wildman–Crippen LogP) is 2.39. The summed E-state index contributed by atoms with van der Waals surface area (Å²) in [5.41, 5.74) is 0.486. The van der Waals surface area contributed by atoms with Crippen molar-refractivity contribution in [2.75, 3.05) is 20.3 Å². The highest BCUT2D eigenvalue weighted by Gasteiger charge is 2.00. The highest BCUT2D eigenvalue weighted by Crippen LogP contribution is 2.25. The quantitative estimate of drug-likeness (QED) is 0.668. The predicted molar refractivity (Wildman–Crippen MR) is 68.7 cm³/mol. The van der Waals surface area contributed by atoms with Gasteiger partial charge in [0.1, 0.15) is 6.29 Å². The lowest BCUT2D eigenvalue weighted by atomic mass is 10.2. The molecule has 0 aliphatic rings. The van der Waals surface area contributed by atoms with Crippen LogP contribution in [0.5, 0.6) is 11.5 Å². The van der Waals surface area contributed by atoms with E-state index in [4.69, 9.17) is 9.84 Å². The summed E-state index contributed by atoms with van der Waals surface area (Å²) in [7, 11) is 1.43. The molecule has 0 aliphatic heterocycles. The Hall–Kier alpha value is -2.24. The van der Waals surface area contributed by atoms with Gasteiger partial charge in [0.25, 0.3) is 0 Å². The average molecular weight is 270 g/mol. The Balaban J connectivity index is 0.000000362. The summed E-state index contributed by atoms with van der Waals surface area (Å²) in [4.78, 5) is 20.4. The molecule has 0 radical (unpaired) electrons. The van der Waals surface area contributed by atoms with Gasteiger partial charge in [0.2, 0.25) is 0 Å². The number of rotatable bonds is 4. The molecule has 0 aromatic heterocycles. The third kappa shape index (κ3) is 6.92. The highest BCUT2D eigenvalue weighted by molar-refractivity contribution is 5.76. The van der Waals surface area contributed by atoms with E-state index in [0.29, 0.717) is 30.8 Å². The largest absolute Gasteiger partial charge is 0.508 e. The molecule has 0 unspecified atom stereocenters. The molecule has 1 N–H and O–H groups in total. The Kier molecular flexibility index (Phi) is 8.61. The van der Waals surface area contributed by atoms with Crippen LogP contribution in [0.15, 0.2) is 18.2 Å². The van der Waals surface area contributed by atoms with Gasteiger partial charge in [0.05, 0.1) is 20.3 Å². The minimum absolute atomic E-state index is 0.0399. The number of carbonyl (C=O) groups excluding carboxylic acids is 2. The summed E-state index contributed by atoms with van der Waals surface area (Å²) < 4.78 is 13.6. The van der Waals surface area contributed by atoms with Crippen LogP contribution >= 0.6 is 0 Å². The fourth-order valence-corrected chi connectivity index (χ4v) is 1.04. The van der Waals surface area contributed by atoms with E-state index in [1.165, 1.54) is 25.3 Å². The van der Waals surface area contributed by atoms with Gasteiger partial charge in [-0.05, 0) is 32.0 Å². The zero-order valence-electron chi connectivity index (χ0n) is 11.2. The standard InChI is InChI=1S/C8H8O3.C5H10O3/c1-11-8-4-6(5-9)2-3-7(8)10;1-3-7-5(6)8-4-2/h2-5,10H,1H3;3-4H2,1-2H3. The molecule has 0 saturated heterocycles. The van der Waals surface area contributed by atoms with Crippen molar-refractivity contribution in [2.24, 2.45) is 0 Å². The molecule has 19 heavy (non-hydrogen) atoms. The number of hydrogen-bond acceptors (Lipinski definition) is 6. The van der Waals surface area contributed by atoms with Gasteiger partial charge in [-0.2, -0.15) is 0 Å². The number of aldehydes is 1. The number of hydrogen-bond donors (Lipinski definition) is 1. The molecule has 0 saturated carbocycles. The topological polar surface area (TPSA) is 82.1 Å². The summed E-state index contributed by atoms with van der Waals surface area (Å²) in [6.07, 6.45) is 0.108. The highest BCUT2D eigenvalue weighted by atomic mass is 16.7. The molecule has 6 nitrogen and oxygen atoms in total. The van der Waals surface area contributed by atoms with E-state index in [1.54, 1.807) is 13.8 Å². The van der Waals surface area contributed by atoms with Gasteiger partial charge in [-0.15, -0.1) is 0 Å². The van der Waals surface area contributed by atoms with E-state index in [9.17, 15) is 9.59 Å². The van der Waals surface area contributed by atoms with Gasteiger partial charge in [-0.1, -0.05) is 0 Å². The maximum absolute atomic E-state index is 10.2. The third-order valence-electron chi connectivity index (χ3n) is 1.86. The van der Waals surface area contributed by atoms with Crippen molar-refractivity contribution in [1.29, 1.82) is 0 Å². The molecule has 1 aromatic carbocycles. The van der Waals surface area contributed by atoms with E-state index in [1.807, 2.05) is 0 Å². The van der Waals surface area contributed by atoms with Crippen molar-refractivity contribution >= 4 is 12.4 Å². The molecule has 0 aliphatic carbocycles. The molecule has 1 rings (SSSR count). The molecule has 0 atom stereocenters. The first-order valence-electron chi connectivity index (χ1n) is 5.70. The number of phenolic OH excluding ortho intramolecular Hbond substituents is 1. The molecular weight excluding hydrogens is 252 g/mol. The van der Waals surface area contributed by atoms with Gasteiger partial charge in [0, 0.05) is 5.56 Å². The lowest BCUT2D eigenvalue weighted by Crippen LogP contribution is -2.05. The number of methoxy groups -OCH3 is 1. The maximum Gasteiger partial charge on any atom is 0.508 e. The van der Waals surface area contributed by atoms with Crippen LogP contribution in [-0.4, -0.2) is 37.9 Å². The van der Waals surface area contributed by atoms with Crippen LogP contribution in [-0.2, 0) is 9.47 Å². The van der Waals surface area contributed by atoms with Crippen LogP contribution in [0.3, 0.4) is 0 Å².